The van der Waals surface area contributed by atoms with Gasteiger partial charge in [-0.05, 0) is 31.0 Å². The van der Waals surface area contributed by atoms with Crippen LogP contribution in [0.4, 0.5) is 4.79 Å². The van der Waals surface area contributed by atoms with Gasteiger partial charge in [0.05, 0.1) is 19.8 Å². The van der Waals surface area contributed by atoms with Crippen LogP contribution in [-0.2, 0) is 4.74 Å². The highest BCUT2D eigenvalue weighted by Crippen LogP contribution is 2.18. The molecule has 23 heavy (non-hydrogen) atoms. The van der Waals surface area contributed by atoms with Crippen LogP contribution >= 0.6 is 0 Å². The number of benzene rings is 1. The van der Waals surface area contributed by atoms with Crippen LogP contribution in [0, 0.1) is 13.8 Å². The number of urea groups is 1. The van der Waals surface area contributed by atoms with E-state index in [2.05, 4.69) is 21.6 Å². The van der Waals surface area contributed by atoms with E-state index in [9.17, 15) is 4.79 Å². The molecule has 0 aromatic heterocycles. The molecule has 6 heteroatoms. The van der Waals surface area contributed by atoms with Crippen molar-refractivity contribution in [1.29, 1.82) is 0 Å². The Hall–Kier alpha value is -1.79. The first-order valence-corrected chi connectivity index (χ1v) is 8.17. The van der Waals surface area contributed by atoms with Gasteiger partial charge in [0.1, 0.15) is 12.4 Å². The molecule has 1 fully saturated rings. The van der Waals surface area contributed by atoms with Gasteiger partial charge in [0, 0.05) is 26.2 Å². The standard InChI is InChI=1S/C17H27N3O3/c1-14-3-4-15(2)16(13-14)23-10-6-19-17(21)18-5-7-20-8-11-22-12-9-20/h3-4,13H,5-12H2,1-2H3,(H2,18,19,21). The number of carbonyl (C=O) groups excluding carboxylic acids is 1. The van der Waals surface area contributed by atoms with Gasteiger partial charge in [-0.2, -0.15) is 0 Å². The Kier molecular flexibility index (Phi) is 7.16. The van der Waals surface area contributed by atoms with Crippen molar-refractivity contribution in [3.8, 4) is 5.75 Å². The second-order valence-electron chi connectivity index (χ2n) is 5.75. The maximum absolute atomic E-state index is 11.7. The number of amides is 2. The highest BCUT2D eigenvalue weighted by Gasteiger charge is 2.09. The van der Waals surface area contributed by atoms with Gasteiger partial charge in [-0.3, -0.25) is 4.90 Å². The average molecular weight is 321 g/mol. The predicted octanol–water partition coefficient (Wildman–Crippen LogP) is 1.31. The largest absolute Gasteiger partial charge is 0.491 e. The van der Waals surface area contributed by atoms with Crippen LogP contribution in [0.1, 0.15) is 11.1 Å². The first-order chi connectivity index (χ1) is 11.1. The fourth-order valence-electron chi connectivity index (χ4n) is 2.40. The molecule has 2 amide bonds. The SMILES string of the molecule is Cc1ccc(C)c(OCCNC(=O)NCCN2CCOCC2)c1. The quantitative estimate of drug-likeness (QED) is 0.744. The van der Waals surface area contributed by atoms with E-state index in [1.165, 1.54) is 5.56 Å². The van der Waals surface area contributed by atoms with Crippen LogP contribution in [-0.4, -0.2) is 63.5 Å². The van der Waals surface area contributed by atoms with Crippen LogP contribution in [0.15, 0.2) is 18.2 Å². The Balaban J connectivity index is 1.55. The molecule has 1 aromatic carbocycles. The van der Waals surface area contributed by atoms with Gasteiger partial charge in [0.15, 0.2) is 0 Å². The molecule has 0 unspecified atom stereocenters. The second-order valence-corrected chi connectivity index (χ2v) is 5.75. The van der Waals surface area contributed by atoms with Gasteiger partial charge >= 0.3 is 6.03 Å². The van der Waals surface area contributed by atoms with Crippen molar-refractivity contribution in [3.63, 3.8) is 0 Å². The van der Waals surface area contributed by atoms with E-state index < -0.39 is 0 Å². The lowest BCUT2D eigenvalue weighted by Crippen LogP contribution is -2.44. The van der Waals surface area contributed by atoms with E-state index in [0.29, 0.717) is 19.7 Å². The Morgan fingerprint density at radius 3 is 2.74 bits per heavy atom. The van der Waals surface area contributed by atoms with Crippen LogP contribution in [0.5, 0.6) is 5.75 Å². The first kappa shape index (κ1) is 17.6. The van der Waals surface area contributed by atoms with E-state index in [1.54, 1.807) is 0 Å². The minimum Gasteiger partial charge on any atom is -0.491 e. The van der Waals surface area contributed by atoms with Gasteiger partial charge in [-0.1, -0.05) is 12.1 Å². The smallest absolute Gasteiger partial charge is 0.314 e. The Labute approximate surface area is 138 Å². The number of nitrogens with one attached hydrogen (secondary N) is 2. The zero-order valence-electron chi connectivity index (χ0n) is 14.1. The van der Waals surface area contributed by atoms with E-state index in [4.69, 9.17) is 9.47 Å². The minimum atomic E-state index is -0.150. The van der Waals surface area contributed by atoms with Crippen LogP contribution in [0.2, 0.25) is 0 Å². The summed E-state index contributed by atoms with van der Waals surface area (Å²) < 4.78 is 11.0. The number of hydrogen-bond acceptors (Lipinski definition) is 4. The molecular weight excluding hydrogens is 294 g/mol. The van der Waals surface area contributed by atoms with E-state index in [-0.39, 0.29) is 6.03 Å². The lowest BCUT2D eigenvalue weighted by Gasteiger charge is -2.26. The fourth-order valence-corrected chi connectivity index (χ4v) is 2.40. The van der Waals surface area contributed by atoms with Gasteiger partial charge < -0.3 is 20.1 Å². The molecule has 0 atom stereocenters. The van der Waals surface area contributed by atoms with E-state index in [1.807, 2.05) is 26.0 Å². The number of carbonyl (C=O) groups is 1. The summed E-state index contributed by atoms with van der Waals surface area (Å²) in [6.45, 7) is 9.92. The Morgan fingerprint density at radius 1 is 1.22 bits per heavy atom. The summed E-state index contributed by atoms with van der Waals surface area (Å²) in [5.41, 5.74) is 2.27. The lowest BCUT2D eigenvalue weighted by atomic mass is 10.1. The molecule has 0 radical (unpaired) electrons. The van der Waals surface area contributed by atoms with E-state index >= 15 is 0 Å². The Bertz CT molecular complexity index is 502. The number of ether oxygens (including phenoxy) is 2. The van der Waals surface area contributed by atoms with Crippen molar-refractivity contribution in [2.45, 2.75) is 13.8 Å². The third kappa shape index (κ3) is 6.46. The summed E-state index contributed by atoms with van der Waals surface area (Å²) >= 11 is 0. The number of nitrogens with zero attached hydrogens (tertiary/aromatic N) is 1. The highest BCUT2D eigenvalue weighted by atomic mass is 16.5. The molecule has 1 aliphatic heterocycles. The number of rotatable bonds is 7. The topological polar surface area (TPSA) is 62.8 Å². The maximum atomic E-state index is 11.7. The molecule has 6 nitrogen and oxygen atoms in total. The zero-order valence-corrected chi connectivity index (χ0v) is 14.1. The summed E-state index contributed by atoms with van der Waals surface area (Å²) in [4.78, 5) is 14.0. The normalized spacial score (nSPS) is 15.2. The molecule has 1 aliphatic rings. The molecule has 0 bridgehead atoms. The van der Waals surface area contributed by atoms with Crippen LogP contribution in [0.3, 0.4) is 0 Å². The van der Waals surface area contributed by atoms with Crippen molar-refractivity contribution in [3.05, 3.63) is 29.3 Å². The van der Waals surface area contributed by atoms with Crippen LogP contribution < -0.4 is 15.4 Å². The summed E-state index contributed by atoms with van der Waals surface area (Å²) in [5, 5.41) is 5.67. The Morgan fingerprint density at radius 2 is 1.96 bits per heavy atom. The summed E-state index contributed by atoms with van der Waals surface area (Å²) in [6, 6.07) is 5.96. The molecular formula is C17H27N3O3. The fraction of sp³-hybridized carbons (Fsp3) is 0.588. The molecule has 1 saturated heterocycles. The predicted molar refractivity (Wildman–Crippen MR) is 90.1 cm³/mol. The number of aryl methyl sites for hydroxylation is 2. The second kappa shape index (κ2) is 9.37. The lowest BCUT2D eigenvalue weighted by molar-refractivity contribution is 0.0387. The molecule has 1 aromatic rings. The average Bonchev–Trinajstić information content (AvgIpc) is 2.55. The molecule has 1 heterocycles. The van der Waals surface area contributed by atoms with Crippen molar-refractivity contribution in [2.75, 3.05) is 52.5 Å². The minimum absolute atomic E-state index is 0.150. The van der Waals surface area contributed by atoms with Crippen molar-refractivity contribution in [2.24, 2.45) is 0 Å². The highest BCUT2D eigenvalue weighted by molar-refractivity contribution is 5.73. The molecule has 0 saturated carbocycles. The number of hydrogen-bond donors (Lipinski definition) is 2. The van der Waals surface area contributed by atoms with E-state index in [0.717, 1.165) is 44.2 Å². The van der Waals surface area contributed by atoms with Gasteiger partial charge in [-0.15, -0.1) is 0 Å². The molecule has 128 valence electrons. The van der Waals surface area contributed by atoms with Crippen molar-refractivity contribution in [1.82, 2.24) is 15.5 Å². The molecule has 2 rings (SSSR count). The molecule has 0 spiro atoms. The molecule has 2 N–H and O–H groups in total. The van der Waals surface area contributed by atoms with Gasteiger partial charge in [0.25, 0.3) is 0 Å². The third-order valence-electron chi connectivity index (χ3n) is 3.81. The number of morpholine rings is 1. The van der Waals surface area contributed by atoms with Crippen LogP contribution in [0.25, 0.3) is 0 Å². The van der Waals surface area contributed by atoms with Gasteiger partial charge in [-0.25, -0.2) is 4.79 Å². The first-order valence-electron chi connectivity index (χ1n) is 8.17. The van der Waals surface area contributed by atoms with Crippen molar-refractivity contribution < 1.29 is 14.3 Å². The molecule has 0 aliphatic carbocycles. The summed E-state index contributed by atoms with van der Waals surface area (Å²) in [6.07, 6.45) is 0. The third-order valence-corrected chi connectivity index (χ3v) is 3.81. The monoisotopic (exact) mass is 321 g/mol. The maximum Gasteiger partial charge on any atom is 0.314 e. The van der Waals surface area contributed by atoms with Gasteiger partial charge in [0.2, 0.25) is 0 Å². The zero-order chi connectivity index (χ0) is 16.5. The summed E-state index contributed by atoms with van der Waals surface area (Å²) in [5.74, 6) is 0.875. The van der Waals surface area contributed by atoms with Crippen molar-refractivity contribution >= 4 is 6.03 Å². The summed E-state index contributed by atoms with van der Waals surface area (Å²) in [7, 11) is 0.